The summed E-state index contributed by atoms with van der Waals surface area (Å²) in [7, 11) is 0. The Kier molecular flexibility index (Phi) is 4.80. The van der Waals surface area contributed by atoms with Crippen LogP contribution < -0.4 is 5.32 Å². The number of halogens is 1. The van der Waals surface area contributed by atoms with E-state index in [1.54, 1.807) is 6.07 Å². The van der Waals surface area contributed by atoms with Crippen LogP contribution in [-0.2, 0) is 4.79 Å². The fourth-order valence-electron chi connectivity index (χ4n) is 2.37. The molecule has 0 saturated carbocycles. The third-order valence-corrected chi connectivity index (χ3v) is 3.69. The predicted octanol–water partition coefficient (Wildman–Crippen LogP) is 1.90. The van der Waals surface area contributed by atoms with E-state index < -0.39 is 0 Å². The molecule has 0 spiro atoms. The summed E-state index contributed by atoms with van der Waals surface area (Å²) in [5, 5.41) is 12.6. The summed E-state index contributed by atoms with van der Waals surface area (Å²) >= 11 is 5.88. The Hall–Kier alpha value is -1.10. The van der Waals surface area contributed by atoms with Gasteiger partial charge in [0.05, 0.1) is 6.54 Å². The second-order valence-corrected chi connectivity index (χ2v) is 5.52. The Morgan fingerprint density at radius 1 is 1.58 bits per heavy atom. The second kappa shape index (κ2) is 6.37. The normalized spacial score (nSPS) is 19.6. The minimum absolute atomic E-state index is 0.0241. The number of aliphatic hydroxyl groups is 1. The number of amides is 1. The largest absolute Gasteiger partial charge is 0.396 e. The van der Waals surface area contributed by atoms with E-state index in [9.17, 15) is 4.79 Å². The van der Waals surface area contributed by atoms with E-state index in [0.29, 0.717) is 17.5 Å². The molecule has 0 aliphatic carbocycles. The zero-order chi connectivity index (χ0) is 13.8. The summed E-state index contributed by atoms with van der Waals surface area (Å²) in [6.45, 7) is 4.16. The van der Waals surface area contributed by atoms with Gasteiger partial charge in [0.25, 0.3) is 0 Å². The number of aryl methyl sites for hydroxylation is 1. The molecule has 1 fully saturated rings. The fraction of sp³-hybridized carbons (Fsp3) is 0.500. The van der Waals surface area contributed by atoms with Gasteiger partial charge >= 0.3 is 0 Å². The van der Waals surface area contributed by atoms with Crippen LogP contribution in [-0.4, -0.2) is 42.2 Å². The van der Waals surface area contributed by atoms with Crippen LogP contribution in [0, 0.1) is 12.8 Å². The van der Waals surface area contributed by atoms with Gasteiger partial charge in [0.2, 0.25) is 5.91 Å². The summed E-state index contributed by atoms with van der Waals surface area (Å²) in [5.41, 5.74) is 1.75. The number of hydrogen-bond donors (Lipinski definition) is 2. The topological polar surface area (TPSA) is 52.6 Å². The van der Waals surface area contributed by atoms with Gasteiger partial charge in [0.15, 0.2) is 0 Å². The lowest BCUT2D eigenvalue weighted by Crippen LogP contribution is -2.32. The van der Waals surface area contributed by atoms with E-state index >= 15 is 0 Å². The van der Waals surface area contributed by atoms with Crippen molar-refractivity contribution >= 4 is 23.2 Å². The Morgan fingerprint density at radius 2 is 2.37 bits per heavy atom. The van der Waals surface area contributed by atoms with E-state index in [0.717, 1.165) is 30.8 Å². The monoisotopic (exact) mass is 282 g/mol. The van der Waals surface area contributed by atoms with Crippen LogP contribution in [0.2, 0.25) is 5.02 Å². The van der Waals surface area contributed by atoms with Crippen LogP contribution in [0.3, 0.4) is 0 Å². The Balaban J connectivity index is 1.87. The van der Waals surface area contributed by atoms with Crippen LogP contribution in [0.5, 0.6) is 0 Å². The van der Waals surface area contributed by atoms with Crippen molar-refractivity contribution in [3.05, 3.63) is 28.8 Å². The third-order valence-electron chi connectivity index (χ3n) is 3.46. The molecule has 2 rings (SSSR count). The summed E-state index contributed by atoms with van der Waals surface area (Å²) in [6.07, 6.45) is 0.962. The summed E-state index contributed by atoms with van der Waals surface area (Å²) in [5.74, 6) is 0.286. The Labute approximate surface area is 118 Å². The molecular formula is C14H19ClN2O2. The Morgan fingerprint density at radius 3 is 3.00 bits per heavy atom. The smallest absolute Gasteiger partial charge is 0.238 e. The first-order valence-corrected chi connectivity index (χ1v) is 6.85. The molecule has 0 radical (unpaired) electrons. The minimum atomic E-state index is -0.0241. The van der Waals surface area contributed by atoms with Crippen LogP contribution in [0.15, 0.2) is 18.2 Å². The molecule has 0 bridgehead atoms. The molecule has 2 N–H and O–H groups in total. The molecule has 1 aliphatic rings. The van der Waals surface area contributed by atoms with Crippen LogP contribution in [0.1, 0.15) is 12.0 Å². The third kappa shape index (κ3) is 3.93. The SMILES string of the molecule is Cc1cc(Cl)ccc1NC(=O)CN1CCC(CO)C1. The number of nitrogens with zero attached hydrogens (tertiary/aromatic N) is 1. The first-order valence-electron chi connectivity index (χ1n) is 6.47. The first-order chi connectivity index (χ1) is 9.08. The number of anilines is 1. The molecule has 1 aromatic rings. The number of benzene rings is 1. The predicted molar refractivity (Wildman–Crippen MR) is 76.5 cm³/mol. The lowest BCUT2D eigenvalue weighted by molar-refractivity contribution is -0.117. The Bertz CT molecular complexity index is 465. The van der Waals surface area contributed by atoms with Gasteiger partial charge in [-0.2, -0.15) is 0 Å². The van der Waals surface area contributed by atoms with Gasteiger partial charge in [-0.25, -0.2) is 0 Å². The first kappa shape index (κ1) is 14.3. The number of carbonyl (C=O) groups is 1. The van der Waals surface area contributed by atoms with Crippen molar-refractivity contribution < 1.29 is 9.90 Å². The zero-order valence-corrected chi connectivity index (χ0v) is 11.8. The van der Waals surface area contributed by atoms with Crippen molar-refractivity contribution in [1.29, 1.82) is 0 Å². The molecule has 4 nitrogen and oxygen atoms in total. The number of carbonyl (C=O) groups excluding carboxylic acids is 1. The average Bonchev–Trinajstić information content (AvgIpc) is 2.80. The highest BCUT2D eigenvalue weighted by Crippen LogP contribution is 2.20. The minimum Gasteiger partial charge on any atom is -0.396 e. The summed E-state index contributed by atoms with van der Waals surface area (Å²) in [6, 6.07) is 5.41. The lowest BCUT2D eigenvalue weighted by Gasteiger charge is -2.16. The molecule has 1 aromatic carbocycles. The summed E-state index contributed by atoms with van der Waals surface area (Å²) in [4.78, 5) is 14.0. The number of aliphatic hydroxyl groups excluding tert-OH is 1. The quantitative estimate of drug-likeness (QED) is 0.887. The van der Waals surface area contributed by atoms with Gasteiger partial charge in [-0.05, 0) is 49.6 Å². The van der Waals surface area contributed by atoms with E-state index in [4.69, 9.17) is 16.7 Å². The van der Waals surface area contributed by atoms with Crippen molar-refractivity contribution in [1.82, 2.24) is 4.90 Å². The summed E-state index contributed by atoms with van der Waals surface area (Å²) < 4.78 is 0. The molecule has 1 unspecified atom stereocenters. The van der Waals surface area contributed by atoms with Gasteiger partial charge in [0, 0.05) is 23.9 Å². The van der Waals surface area contributed by atoms with Gasteiger partial charge in [-0.3, -0.25) is 9.69 Å². The van der Waals surface area contributed by atoms with Crippen molar-refractivity contribution in [2.75, 3.05) is 31.6 Å². The number of likely N-dealkylation sites (tertiary alicyclic amines) is 1. The van der Waals surface area contributed by atoms with Crippen molar-refractivity contribution in [2.24, 2.45) is 5.92 Å². The van der Waals surface area contributed by atoms with E-state index in [1.165, 1.54) is 0 Å². The van der Waals surface area contributed by atoms with E-state index in [1.807, 2.05) is 19.1 Å². The van der Waals surface area contributed by atoms with Crippen molar-refractivity contribution in [2.45, 2.75) is 13.3 Å². The van der Waals surface area contributed by atoms with E-state index in [2.05, 4.69) is 10.2 Å². The molecule has 0 aromatic heterocycles. The molecule has 1 amide bonds. The fourth-order valence-corrected chi connectivity index (χ4v) is 2.59. The second-order valence-electron chi connectivity index (χ2n) is 5.08. The zero-order valence-electron chi connectivity index (χ0n) is 11.0. The number of nitrogens with one attached hydrogen (secondary N) is 1. The van der Waals surface area contributed by atoms with Crippen molar-refractivity contribution in [3.8, 4) is 0 Å². The standard InChI is InChI=1S/C14H19ClN2O2/c1-10-6-12(15)2-3-13(10)16-14(19)8-17-5-4-11(7-17)9-18/h2-3,6,11,18H,4-5,7-9H2,1H3,(H,16,19). The molecule has 104 valence electrons. The average molecular weight is 283 g/mol. The molecule has 1 aliphatic heterocycles. The molecule has 1 atom stereocenters. The maximum Gasteiger partial charge on any atom is 0.238 e. The molecule has 5 heteroatoms. The molecule has 1 saturated heterocycles. The van der Waals surface area contributed by atoms with Crippen molar-refractivity contribution in [3.63, 3.8) is 0 Å². The van der Waals surface area contributed by atoms with Gasteiger partial charge < -0.3 is 10.4 Å². The highest BCUT2D eigenvalue weighted by atomic mass is 35.5. The maximum absolute atomic E-state index is 12.0. The van der Waals surface area contributed by atoms with Gasteiger partial charge in [-0.1, -0.05) is 11.6 Å². The highest BCUT2D eigenvalue weighted by molar-refractivity contribution is 6.30. The lowest BCUT2D eigenvalue weighted by atomic mass is 10.1. The van der Waals surface area contributed by atoms with Crippen LogP contribution in [0.4, 0.5) is 5.69 Å². The van der Waals surface area contributed by atoms with Gasteiger partial charge in [0.1, 0.15) is 0 Å². The van der Waals surface area contributed by atoms with Crippen LogP contribution in [0.25, 0.3) is 0 Å². The number of rotatable bonds is 4. The maximum atomic E-state index is 12.0. The van der Waals surface area contributed by atoms with Crippen LogP contribution >= 0.6 is 11.6 Å². The molecule has 19 heavy (non-hydrogen) atoms. The molecular weight excluding hydrogens is 264 g/mol. The van der Waals surface area contributed by atoms with Gasteiger partial charge in [-0.15, -0.1) is 0 Å². The number of hydrogen-bond acceptors (Lipinski definition) is 3. The van der Waals surface area contributed by atoms with E-state index in [-0.39, 0.29) is 12.5 Å². The molecule has 1 heterocycles. The highest BCUT2D eigenvalue weighted by Gasteiger charge is 2.23.